The number of rotatable bonds is 5. The smallest absolute Gasteiger partial charge is 0.281 e. The number of pyridine rings is 1. The Bertz CT molecular complexity index is 1260. The molecule has 6 rings (SSSR count). The quantitative estimate of drug-likeness (QED) is 0.607. The van der Waals surface area contributed by atoms with Gasteiger partial charge in [0.25, 0.3) is 5.91 Å². The first-order chi connectivity index (χ1) is 16.7. The maximum absolute atomic E-state index is 12.6. The molecule has 1 aliphatic carbocycles. The van der Waals surface area contributed by atoms with Crippen LogP contribution >= 0.6 is 0 Å². The Morgan fingerprint density at radius 3 is 2.56 bits per heavy atom. The summed E-state index contributed by atoms with van der Waals surface area (Å²) in [6.45, 7) is 4.59. The zero-order valence-corrected chi connectivity index (χ0v) is 19.2. The Morgan fingerprint density at radius 1 is 1.03 bits per heavy atom. The number of hydrogen-bond donors (Lipinski definition) is 1. The molecule has 1 saturated carbocycles. The van der Waals surface area contributed by atoms with Gasteiger partial charge >= 0.3 is 0 Å². The monoisotopic (exact) mass is 451 g/mol. The van der Waals surface area contributed by atoms with E-state index in [0.717, 1.165) is 22.9 Å². The second-order valence-electron chi connectivity index (χ2n) is 9.44. The van der Waals surface area contributed by atoms with Crippen molar-refractivity contribution in [1.82, 2.24) is 25.2 Å². The highest BCUT2D eigenvalue weighted by Gasteiger charge is 2.32. The van der Waals surface area contributed by atoms with E-state index in [1.165, 1.54) is 62.4 Å². The predicted molar refractivity (Wildman–Crippen MR) is 132 cm³/mol. The molecule has 0 spiro atoms. The van der Waals surface area contributed by atoms with E-state index in [0.29, 0.717) is 23.0 Å². The summed E-state index contributed by atoms with van der Waals surface area (Å²) in [7, 11) is 0. The van der Waals surface area contributed by atoms with Crippen LogP contribution in [0.3, 0.4) is 0 Å². The summed E-state index contributed by atoms with van der Waals surface area (Å²) in [5.74, 6) is 0.820. The molecule has 34 heavy (non-hydrogen) atoms. The number of aryl methyl sites for hydroxylation is 1. The van der Waals surface area contributed by atoms with Gasteiger partial charge in [-0.05, 0) is 92.6 Å². The molecule has 7 heteroatoms. The first-order valence-corrected chi connectivity index (χ1v) is 12.0. The highest BCUT2D eigenvalue weighted by Crippen LogP contribution is 2.37. The van der Waals surface area contributed by atoms with Gasteiger partial charge in [-0.2, -0.15) is 0 Å². The van der Waals surface area contributed by atoms with Crippen LogP contribution < -0.4 is 10.6 Å². The van der Waals surface area contributed by atoms with Gasteiger partial charge < -0.3 is 10.2 Å². The van der Waals surface area contributed by atoms with Crippen molar-refractivity contribution in [3.8, 4) is 11.3 Å². The molecule has 3 aliphatic rings. The molecule has 171 valence electrons. The third-order valence-corrected chi connectivity index (χ3v) is 7.13. The average molecular weight is 452 g/mol. The minimum absolute atomic E-state index is 0.292. The highest BCUT2D eigenvalue weighted by molar-refractivity contribution is 6.05. The summed E-state index contributed by atoms with van der Waals surface area (Å²) < 4.78 is 0. The van der Waals surface area contributed by atoms with Crippen molar-refractivity contribution < 1.29 is 4.79 Å². The maximum Gasteiger partial charge on any atom is 0.281 e. The number of anilines is 2. The van der Waals surface area contributed by atoms with Crippen LogP contribution in [0.25, 0.3) is 17.3 Å². The number of carbonyl (C=O) groups excluding carboxylic acids is 1. The van der Waals surface area contributed by atoms with Gasteiger partial charge in [0.2, 0.25) is 0 Å². The summed E-state index contributed by atoms with van der Waals surface area (Å²) >= 11 is 0. The number of hydrogen-bond acceptors (Lipinski definition) is 6. The van der Waals surface area contributed by atoms with Gasteiger partial charge in [0.1, 0.15) is 12.1 Å². The molecule has 1 aromatic carbocycles. The molecule has 0 atom stereocenters. The van der Waals surface area contributed by atoms with Crippen LogP contribution in [0, 0.1) is 6.92 Å². The first kappa shape index (κ1) is 21.0. The van der Waals surface area contributed by atoms with E-state index in [9.17, 15) is 4.79 Å². The summed E-state index contributed by atoms with van der Waals surface area (Å²) in [6, 6.07) is 9.24. The number of nitrogens with one attached hydrogen (secondary N) is 1. The largest absolute Gasteiger partial charge is 0.340 e. The normalized spacial score (nSPS) is 18.4. The van der Waals surface area contributed by atoms with E-state index < -0.39 is 0 Å². The summed E-state index contributed by atoms with van der Waals surface area (Å²) in [6.07, 6.45) is 13.5. The minimum atomic E-state index is -0.292. The van der Waals surface area contributed by atoms with Crippen LogP contribution in [0.4, 0.5) is 11.5 Å². The summed E-state index contributed by atoms with van der Waals surface area (Å²) in [4.78, 5) is 28.3. The van der Waals surface area contributed by atoms with E-state index in [-0.39, 0.29) is 5.91 Å². The molecular formula is C27H27N6O. The lowest BCUT2D eigenvalue weighted by Crippen LogP contribution is -2.34. The maximum atomic E-state index is 12.6. The van der Waals surface area contributed by atoms with Crippen molar-refractivity contribution in [1.29, 1.82) is 0 Å². The van der Waals surface area contributed by atoms with E-state index >= 15 is 0 Å². The Balaban J connectivity index is 1.28. The van der Waals surface area contributed by atoms with Crippen LogP contribution in [0.15, 0.2) is 49.2 Å². The molecule has 2 aliphatic heterocycles. The van der Waals surface area contributed by atoms with Gasteiger partial charge in [0, 0.05) is 35.9 Å². The molecule has 1 N–H and O–H groups in total. The molecule has 2 aromatic heterocycles. The van der Waals surface area contributed by atoms with Gasteiger partial charge in [0.15, 0.2) is 0 Å². The van der Waals surface area contributed by atoms with E-state index in [1.54, 1.807) is 12.4 Å². The number of piperidine rings is 1. The van der Waals surface area contributed by atoms with Crippen LogP contribution in [0.2, 0.25) is 0 Å². The van der Waals surface area contributed by atoms with Crippen molar-refractivity contribution in [2.24, 2.45) is 0 Å². The predicted octanol–water partition coefficient (Wildman–Crippen LogP) is 4.66. The number of benzene rings is 1. The van der Waals surface area contributed by atoms with E-state index in [4.69, 9.17) is 4.98 Å². The number of nitrogens with zero attached hydrogens (tertiary/aromatic N) is 5. The van der Waals surface area contributed by atoms with Gasteiger partial charge in [-0.25, -0.2) is 20.3 Å². The molecule has 0 bridgehead atoms. The van der Waals surface area contributed by atoms with Crippen molar-refractivity contribution in [2.75, 3.05) is 18.4 Å². The summed E-state index contributed by atoms with van der Waals surface area (Å²) in [5.41, 5.74) is 6.38. The van der Waals surface area contributed by atoms with Gasteiger partial charge in [0.05, 0.1) is 11.3 Å². The van der Waals surface area contributed by atoms with Crippen molar-refractivity contribution in [3.63, 3.8) is 0 Å². The Hall–Kier alpha value is -3.58. The Kier molecular flexibility index (Phi) is 5.34. The number of aromatic nitrogens is 3. The first-order valence-electron chi connectivity index (χ1n) is 12.0. The molecule has 2 fully saturated rings. The summed E-state index contributed by atoms with van der Waals surface area (Å²) in [5, 5.41) is 7.36. The van der Waals surface area contributed by atoms with Crippen LogP contribution in [-0.4, -0.2) is 44.9 Å². The van der Waals surface area contributed by atoms with Crippen molar-refractivity contribution in [2.45, 2.75) is 44.6 Å². The SMILES string of the molecule is Cc1cc(Nc2nc(-c3cncnc3)cc3c2C(=O)[N]C=C3)ccc1C1CCN(C2CC2)CC1. The molecule has 0 unspecified atom stereocenters. The third-order valence-electron chi connectivity index (χ3n) is 7.13. The van der Waals surface area contributed by atoms with Crippen LogP contribution in [-0.2, 0) is 0 Å². The number of fused-ring (bicyclic) bond motifs is 1. The van der Waals surface area contributed by atoms with Crippen molar-refractivity contribution in [3.05, 3.63) is 71.4 Å². The zero-order chi connectivity index (χ0) is 23.1. The molecule has 3 aromatic rings. The fraction of sp³-hybridized carbons (Fsp3) is 0.333. The van der Waals surface area contributed by atoms with E-state index in [2.05, 4.69) is 50.6 Å². The molecule has 7 nitrogen and oxygen atoms in total. The third kappa shape index (κ3) is 4.07. The van der Waals surface area contributed by atoms with Gasteiger partial charge in [-0.3, -0.25) is 4.79 Å². The standard InChI is InChI=1S/C27H27N6O/c1-17-12-21(2-5-23(17)18-7-10-33(11-8-18)22-3-4-22)31-26-25-19(6-9-30-27(25)34)13-24(32-26)20-14-28-16-29-15-20/h2,5-6,9,12-16,18,22H,3-4,7-8,10-11H2,1H3,(H,31,32). The molecule has 4 heterocycles. The number of amides is 1. The number of likely N-dealkylation sites (tertiary alicyclic amines) is 1. The van der Waals surface area contributed by atoms with Crippen LogP contribution in [0.5, 0.6) is 0 Å². The molecular weight excluding hydrogens is 424 g/mol. The minimum Gasteiger partial charge on any atom is -0.340 e. The van der Waals surface area contributed by atoms with Crippen molar-refractivity contribution >= 4 is 23.5 Å². The van der Waals surface area contributed by atoms with E-state index in [1.807, 2.05) is 12.1 Å². The second kappa shape index (κ2) is 8.65. The molecule has 1 amide bonds. The number of carbonyl (C=O) groups is 1. The lowest BCUT2D eigenvalue weighted by molar-refractivity contribution is 0.0965. The second-order valence-corrected chi connectivity index (χ2v) is 9.44. The fourth-order valence-electron chi connectivity index (χ4n) is 5.20. The Morgan fingerprint density at radius 2 is 1.82 bits per heavy atom. The average Bonchev–Trinajstić information content (AvgIpc) is 3.70. The topological polar surface area (TPSA) is 85.1 Å². The van der Waals surface area contributed by atoms with Gasteiger partial charge in [-0.1, -0.05) is 6.07 Å². The lowest BCUT2D eigenvalue weighted by atomic mass is 9.86. The Labute approximate surface area is 199 Å². The zero-order valence-electron chi connectivity index (χ0n) is 19.2. The molecule has 1 radical (unpaired) electrons. The fourth-order valence-corrected chi connectivity index (χ4v) is 5.20. The molecule has 1 saturated heterocycles. The van der Waals surface area contributed by atoms with Crippen LogP contribution in [0.1, 0.15) is 58.6 Å². The lowest BCUT2D eigenvalue weighted by Gasteiger charge is -2.33. The van der Waals surface area contributed by atoms with Gasteiger partial charge in [-0.15, -0.1) is 0 Å². The highest BCUT2D eigenvalue weighted by atomic mass is 16.1.